The Labute approximate surface area is 135 Å². The molecule has 2 heterocycles. The number of hydrogen-bond donors (Lipinski definition) is 1. The minimum Gasteiger partial charge on any atom is -0.475 e. The third-order valence-corrected chi connectivity index (χ3v) is 4.29. The zero-order chi connectivity index (χ0) is 16.4. The predicted molar refractivity (Wildman–Crippen MR) is 87.8 cm³/mol. The van der Waals surface area contributed by atoms with Gasteiger partial charge in [0.25, 0.3) is 0 Å². The Kier molecular flexibility index (Phi) is 4.34. The van der Waals surface area contributed by atoms with E-state index in [1.807, 2.05) is 12.1 Å². The molecule has 1 aliphatic rings. The van der Waals surface area contributed by atoms with Crippen LogP contribution in [0.15, 0.2) is 34.9 Å². The van der Waals surface area contributed by atoms with Crippen LogP contribution in [0.25, 0.3) is 11.3 Å². The van der Waals surface area contributed by atoms with E-state index in [0.29, 0.717) is 11.7 Å². The Balaban J connectivity index is 1.69. The number of nitrogens with zero attached hydrogens (tertiary/aromatic N) is 3. The highest BCUT2D eigenvalue weighted by molar-refractivity contribution is 5.85. The largest absolute Gasteiger partial charge is 0.475 e. The van der Waals surface area contributed by atoms with Crippen LogP contribution in [0.5, 0.6) is 0 Å². The average molecular weight is 315 g/mol. The molecule has 3 rings (SSSR count). The number of anilines is 1. The smallest absolute Gasteiger partial charge is 0.374 e. The number of hydrogen-bond acceptors (Lipinski definition) is 5. The van der Waals surface area contributed by atoms with Crippen molar-refractivity contribution in [3.8, 4) is 11.3 Å². The minimum atomic E-state index is -1.11. The van der Waals surface area contributed by atoms with Gasteiger partial charge in [-0.05, 0) is 26.0 Å². The molecule has 0 bridgehead atoms. The molecule has 1 fully saturated rings. The van der Waals surface area contributed by atoms with Crippen LogP contribution >= 0.6 is 0 Å². The molecular weight excluding hydrogens is 294 g/mol. The number of carboxylic acid groups (broad SMARTS) is 1. The summed E-state index contributed by atoms with van der Waals surface area (Å²) in [6.45, 7) is 8.64. The van der Waals surface area contributed by atoms with Gasteiger partial charge in [0.15, 0.2) is 0 Å². The van der Waals surface area contributed by atoms with Crippen LogP contribution < -0.4 is 4.90 Å². The van der Waals surface area contributed by atoms with Crippen molar-refractivity contribution in [2.45, 2.75) is 19.9 Å². The van der Waals surface area contributed by atoms with Crippen LogP contribution in [0.2, 0.25) is 0 Å². The first kappa shape index (κ1) is 15.6. The van der Waals surface area contributed by atoms with Crippen molar-refractivity contribution in [1.29, 1.82) is 0 Å². The van der Waals surface area contributed by atoms with Crippen molar-refractivity contribution in [2.24, 2.45) is 0 Å². The molecule has 0 aliphatic carbocycles. The summed E-state index contributed by atoms with van der Waals surface area (Å²) in [6, 6.07) is 10.0. The lowest BCUT2D eigenvalue weighted by molar-refractivity contribution is 0.0652. The molecule has 23 heavy (non-hydrogen) atoms. The van der Waals surface area contributed by atoms with E-state index in [0.717, 1.165) is 31.7 Å². The molecule has 6 nitrogen and oxygen atoms in total. The molecule has 1 saturated heterocycles. The molecule has 0 radical (unpaired) electrons. The highest BCUT2D eigenvalue weighted by Gasteiger charge is 2.19. The fraction of sp³-hybridized carbons (Fsp3) is 0.412. The topological polar surface area (TPSA) is 69.8 Å². The summed E-state index contributed by atoms with van der Waals surface area (Å²) in [6.07, 6.45) is 0. The van der Waals surface area contributed by atoms with Gasteiger partial charge < -0.3 is 14.5 Å². The highest BCUT2D eigenvalue weighted by Crippen LogP contribution is 2.24. The van der Waals surface area contributed by atoms with Crippen LogP contribution in [0.3, 0.4) is 0 Å². The molecule has 0 spiro atoms. The Morgan fingerprint density at radius 1 is 1.17 bits per heavy atom. The molecule has 6 heteroatoms. The van der Waals surface area contributed by atoms with E-state index in [-0.39, 0.29) is 5.76 Å². The molecule has 0 atom stereocenters. The second kappa shape index (κ2) is 6.42. The van der Waals surface area contributed by atoms with Gasteiger partial charge in [0.2, 0.25) is 5.76 Å². The fourth-order valence-corrected chi connectivity index (χ4v) is 2.85. The van der Waals surface area contributed by atoms with Gasteiger partial charge in [-0.2, -0.15) is 0 Å². The number of rotatable bonds is 4. The molecule has 1 aromatic carbocycles. The van der Waals surface area contributed by atoms with Crippen LogP contribution in [0.4, 0.5) is 5.69 Å². The summed E-state index contributed by atoms with van der Waals surface area (Å²) in [5, 5.41) is 12.7. The maximum Gasteiger partial charge on any atom is 0.374 e. The molecular formula is C17H21N3O3. The second-order valence-corrected chi connectivity index (χ2v) is 6.05. The molecule has 2 aromatic rings. The van der Waals surface area contributed by atoms with Crippen molar-refractivity contribution in [2.75, 3.05) is 31.1 Å². The number of aromatic nitrogens is 1. The zero-order valence-corrected chi connectivity index (χ0v) is 13.4. The van der Waals surface area contributed by atoms with Crippen molar-refractivity contribution >= 4 is 11.7 Å². The number of piperazine rings is 1. The molecule has 1 aliphatic heterocycles. The van der Waals surface area contributed by atoms with Gasteiger partial charge in [-0.25, -0.2) is 4.79 Å². The lowest BCUT2D eigenvalue weighted by Crippen LogP contribution is -2.48. The highest BCUT2D eigenvalue weighted by atomic mass is 16.5. The summed E-state index contributed by atoms with van der Waals surface area (Å²) in [5.41, 5.74) is 2.57. The predicted octanol–water partition coefficient (Wildman–Crippen LogP) is 2.57. The Bertz CT molecular complexity index is 671. The van der Waals surface area contributed by atoms with Crippen LogP contribution in [0.1, 0.15) is 24.4 Å². The Morgan fingerprint density at radius 3 is 2.35 bits per heavy atom. The van der Waals surface area contributed by atoms with Gasteiger partial charge in [-0.15, -0.1) is 0 Å². The SMILES string of the molecule is CC(C)N1CCN(c2ccc(-c3cc(C(=O)O)on3)cc2)CC1. The lowest BCUT2D eigenvalue weighted by atomic mass is 10.1. The Hall–Kier alpha value is -2.34. The molecule has 122 valence electrons. The molecule has 1 aromatic heterocycles. The quantitative estimate of drug-likeness (QED) is 0.935. The number of carboxylic acids is 1. The van der Waals surface area contributed by atoms with Crippen LogP contribution in [-0.4, -0.2) is 53.4 Å². The van der Waals surface area contributed by atoms with Crippen molar-refractivity contribution in [1.82, 2.24) is 10.1 Å². The van der Waals surface area contributed by atoms with Gasteiger partial charge in [0, 0.05) is 49.5 Å². The summed E-state index contributed by atoms with van der Waals surface area (Å²) >= 11 is 0. The van der Waals surface area contributed by atoms with Gasteiger partial charge in [-0.3, -0.25) is 4.90 Å². The van der Waals surface area contributed by atoms with Gasteiger partial charge in [0.1, 0.15) is 5.69 Å². The Morgan fingerprint density at radius 2 is 1.83 bits per heavy atom. The normalized spacial score (nSPS) is 16.0. The maximum absolute atomic E-state index is 10.8. The van der Waals surface area contributed by atoms with Gasteiger partial charge >= 0.3 is 5.97 Å². The zero-order valence-electron chi connectivity index (χ0n) is 13.4. The van der Waals surface area contributed by atoms with E-state index in [1.165, 1.54) is 11.8 Å². The first-order valence-electron chi connectivity index (χ1n) is 7.84. The van der Waals surface area contributed by atoms with Crippen LogP contribution in [-0.2, 0) is 0 Å². The average Bonchev–Trinajstić information content (AvgIpc) is 3.05. The number of aromatic carboxylic acids is 1. The standard InChI is InChI=1S/C17H21N3O3/c1-12(2)19-7-9-20(10-8-19)14-5-3-13(4-6-14)15-11-16(17(21)22)23-18-15/h3-6,11-12H,7-10H2,1-2H3,(H,21,22). The lowest BCUT2D eigenvalue weighted by Gasteiger charge is -2.38. The number of benzene rings is 1. The summed E-state index contributed by atoms with van der Waals surface area (Å²) in [5.74, 6) is -1.25. The molecule has 0 unspecified atom stereocenters. The number of carbonyl (C=O) groups is 1. The van der Waals surface area contributed by atoms with E-state index in [2.05, 4.69) is 40.9 Å². The summed E-state index contributed by atoms with van der Waals surface area (Å²) in [4.78, 5) is 15.7. The minimum absolute atomic E-state index is 0.145. The van der Waals surface area contributed by atoms with E-state index in [4.69, 9.17) is 9.63 Å². The monoisotopic (exact) mass is 315 g/mol. The summed E-state index contributed by atoms with van der Waals surface area (Å²) in [7, 11) is 0. The van der Waals surface area contributed by atoms with Crippen molar-refractivity contribution < 1.29 is 14.4 Å². The molecule has 1 N–H and O–H groups in total. The maximum atomic E-state index is 10.8. The second-order valence-electron chi connectivity index (χ2n) is 6.05. The van der Waals surface area contributed by atoms with Crippen molar-refractivity contribution in [3.05, 3.63) is 36.1 Å². The third-order valence-electron chi connectivity index (χ3n) is 4.29. The first-order valence-corrected chi connectivity index (χ1v) is 7.84. The van der Waals surface area contributed by atoms with Crippen molar-refractivity contribution in [3.63, 3.8) is 0 Å². The van der Waals surface area contributed by atoms with Gasteiger partial charge in [0.05, 0.1) is 0 Å². The van der Waals surface area contributed by atoms with E-state index in [1.54, 1.807) is 0 Å². The van der Waals surface area contributed by atoms with Gasteiger partial charge in [-0.1, -0.05) is 17.3 Å². The molecule has 0 amide bonds. The van der Waals surface area contributed by atoms with Crippen LogP contribution in [0, 0.1) is 0 Å². The molecule has 0 saturated carbocycles. The van der Waals surface area contributed by atoms with E-state index < -0.39 is 5.97 Å². The first-order chi connectivity index (χ1) is 11.0. The third kappa shape index (κ3) is 3.37. The van der Waals surface area contributed by atoms with E-state index >= 15 is 0 Å². The van der Waals surface area contributed by atoms with E-state index in [9.17, 15) is 4.79 Å². The fourth-order valence-electron chi connectivity index (χ4n) is 2.85. The summed E-state index contributed by atoms with van der Waals surface area (Å²) < 4.78 is 4.80.